The molecule has 0 spiro atoms. The first kappa shape index (κ1) is 12.3. The molecule has 3 N–H and O–H groups in total. The van der Waals surface area contributed by atoms with E-state index in [1.807, 2.05) is 37.3 Å². The number of nitrogens with two attached hydrogens (primary N) is 1. The van der Waals surface area contributed by atoms with E-state index in [-0.39, 0.29) is 0 Å². The average Bonchev–Trinajstić information content (AvgIpc) is 2.37. The van der Waals surface area contributed by atoms with E-state index in [1.54, 1.807) is 0 Å². The Kier molecular flexibility index (Phi) is 3.72. The molecule has 0 heterocycles. The summed E-state index contributed by atoms with van der Waals surface area (Å²) >= 11 is 0. The lowest BCUT2D eigenvalue weighted by atomic mass is 10.2. The molecule has 0 amide bonds. The molecule has 2 aromatic rings. The van der Waals surface area contributed by atoms with Crippen molar-refractivity contribution in [2.75, 3.05) is 17.7 Å². The third kappa shape index (κ3) is 2.74. The largest absolute Gasteiger partial charge is 0.492 e. The van der Waals surface area contributed by atoms with Gasteiger partial charge in [-0.15, -0.1) is 0 Å². The first-order chi connectivity index (χ1) is 8.70. The van der Waals surface area contributed by atoms with Crippen LogP contribution in [0.1, 0.15) is 12.5 Å². The van der Waals surface area contributed by atoms with Gasteiger partial charge < -0.3 is 15.8 Å². The van der Waals surface area contributed by atoms with Gasteiger partial charge in [-0.25, -0.2) is 0 Å². The predicted octanol–water partition coefficient (Wildman–Crippen LogP) is 3.72. The summed E-state index contributed by atoms with van der Waals surface area (Å²) < 4.78 is 5.47. The molecule has 3 heteroatoms. The molecular weight excluding hydrogens is 224 g/mol. The lowest BCUT2D eigenvalue weighted by molar-refractivity contribution is 0.342. The van der Waals surface area contributed by atoms with Crippen LogP contribution in [0.2, 0.25) is 0 Å². The number of rotatable bonds is 4. The van der Waals surface area contributed by atoms with Gasteiger partial charge in [0.15, 0.2) is 0 Å². The fourth-order valence-corrected chi connectivity index (χ4v) is 1.73. The van der Waals surface area contributed by atoms with Crippen molar-refractivity contribution in [2.24, 2.45) is 0 Å². The normalized spacial score (nSPS) is 10.1. The van der Waals surface area contributed by atoms with Crippen LogP contribution in [0.15, 0.2) is 42.5 Å². The minimum atomic E-state index is 0.609. The molecule has 0 aliphatic heterocycles. The van der Waals surface area contributed by atoms with Gasteiger partial charge in [0.05, 0.1) is 18.0 Å². The first-order valence-corrected chi connectivity index (χ1v) is 6.05. The molecule has 0 saturated carbocycles. The zero-order valence-corrected chi connectivity index (χ0v) is 10.7. The van der Waals surface area contributed by atoms with Crippen molar-refractivity contribution in [1.82, 2.24) is 0 Å². The number of hydrogen-bond acceptors (Lipinski definition) is 3. The zero-order chi connectivity index (χ0) is 13.0. The SMILES string of the molecule is CCOc1cccc(Nc2ccc(C)cc2)c1N. The van der Waals surface area contributed by atoms with Crippen LogP contribution in [0.25, 0.3) is 0 Å². The fraction of sp³-hybridized carbons (Fsp3) is 0.200. The van der Waals surface area contributed by atoms with E-state index in [0.717, 1.165) is 17.1 Å². The monoisotopic (exact) mass is 242 g/mol. The van der Waals surface area contributed by atoms with Crippen molar-refractivity contribution >= 4 is 17.1 Å². The number of anilines is 3. The molecule has 0 radical (unpaired) electrons. The third-order valence-corrected chi connectivity index (χ3v) is 2.70. The first-order valence-electron chi connectivity index (χ1n) is 6.05. The Morgan fingerprint density at radius 2 is 1.83 bits per heavy atom. The molecule has 0 saturated heterocycles. The summed E-state index contributed by atoms with van der Waals surface area (Å²) in [6.45, 7) is 4.62. The highest BCUT2D eigenvalue weighted by molar-refractivity contribution is 5.77. The van der Waals surface area contributed by atoms with Crippen molar-refractivity contribution in [2.45, 2.75) is 13.8 Å². The topological polar surface area (TPSA) is 47.3 Å². The number of aryl methyl sites for hydroxylation is 1. The van der Waals surface area contributed by atoms with E-state index in [1.165, 1.54) is 5.56 Å². The van der Waals surface area contributed by atoms with Gasteiger partial charge in [0.1, 0.15) is 5.75 Å². The molecule has 0 aromatic heterocycles. The van der Waals surface area contributed by atoms with Gasteiger partial charge in [-0.3, -0.25) is 0 Å². The molecule has 3 nitrogen and oxygen atoms in total. The van der Waals surface area contributed by atoms with Crippen LogP contribution in [0.3, 0.4) is 0 Å². The molecule has 0 atom stereocenters. The van der Waals surface area contributed by atoms with Crippen LogP contribution in [0.4, 0.5) is 17.1 Å². The fourth-order valence-electron chi connectivity index (χ4n) is 1.73. The Morgan fingerprint density at radius 1 is 1.11 bits per heavy atom. The van der Waals surface area contributed by atoms with Crippen LogP contribution < -0.4 is 15.8 Å². The zero-order valence-electron chi connectivity index (χ0n) is 10.7. The number of nitrogen functional groups attached to an aromatic ring is 1. The van der Waals surface area contributed by atoms with Crippen LogP contribution in [0, 0.1) is 6.92 Å². The molecule has 0 unspecified atom stereocenters. The molecule has 0 fully saturated rings. The highest BCUT2D eigenvalue weighted by Gasteiger charge is 2.05. The Morgan fingerprint density at radius 3 is 2.50 bits per heavy atom. The summed E-state index contributed by atoms with van der Waals surface area (Å²) in [5.41, 5.74) is 9.81. The smallest absolute Gasteiger partial charge is 0.144 e. The van der Waals surface area contributed by atoms with E-state index < -0.39 is 0 Å². The Bertz CT molecular complexity index is 521. The predicted molar refractivity (Wildman–Crippen MR) is 76.5 cm³/mol. The van der Waals surface area contributed by atoms with E-state index in [0.29, 0.717) is 12.3 Å². The maximum Gasteiger partial charge on any atom is 0.144 e. The summed E-state index contributed by atoms with van der Waals surface area (Å²) in [6.07, 6.45) is 0. The second-order valence-corrected chi connectivity index (χ2v) is 4.14. The van der Waals surface area contributed by atoms with E-state index in [4.69, 9.17) is 10.5 Å². The minimum Gasteiger partial charge on any atom is -0.492 e. The third-order valence-electron chi connectivity index (χ3n) is 2.70. The van der Waals surface area contributed by atoms with Gasteiger partial charge in [0.2, 0.25) is 0 Å². The van der Waals surface area contributed by atoms with Crippen molar-refractivity contribution in [3.05, 3.63) is 48.0 Å². The maximum atomic E-state index is 6.06. The molecule has 2 rings (SSSR count). The van der Waals surface area contributed by atoms with Crippen molar-refractivity contribution < 1.29 is 4.74 Å². The molecule has 0 bridgehead atoms. The molecule has 0 aliphatic carbocycles. The molecule has 2 aromatic carbocycles. The highest BCUT2D eigenvalue weighted by Crippen LogP contribution is 2.31. The molecule has 94 valence electrons. The van der Waals surface area contributed by atoms with Gasteiger partial charge in [0, 0.05) is 5.69 Å². The van der Waals surface area contributed by atoms with Gasteiger partial charge in [-0.2, -0.15) is 0 Å². The van der Waals surface area contributed by atoms with Crippen LogP contribution >= 0.6 is 0 Å². The summed E-state index contributed by atoms with van der Waals surface area (Å²) in [5, 5.41) is 3.29. The van der Waals surface area contributed by atoms with E-state index in [9.17, 15) is 0 Å². The van der Waals surface area contributed by atoms with Gasteiger partial charge in [0.25, 0.3) is 0 Å². The van der Waals surface area contributed by atoms with Crippen LogP contribution in [0.5, 0.6) is 5.75 Å². The van der Waals surface area contributed by atoms with Gasteiger partial charge >= 0.3 is 0 Å². The number of ether oxygens (including phenoxy) is 1. The quantitative estimate of drug-likeness (QED) is 0.803. The highest BCUT2D eigenvalue weighted by atomic mass is 16.5. The number of hydrogen-bond donors (Lipinski definition) is 2. The van der Waals surface area contributed by atoms with Gasteiger partial charge in [-0.05, 0) is 38.1 Å². The summed E-state index contributed by atoms with van der Waals surface area (Å²) in [6, 6.07) is 13.9. The van der Waals surface area contributed by atoms with Crippen LogP contribution in [-0.2, 0) is 0 Å². The van der Waals surface area contributed by atoms with Gasteiger partial charge in [-0.1, -0.05) is 23.8 Å². The molecular formula is C15H18N2O. The van der Waals surface area contributed by atoms with E-state index >= 15 is 0 Å². The maximum absolute atomic E-state index is 6.06. The lowest BCUT2D eigenvalue weighted by Crippen LogP contribution is -2.01. The summed E-state index contributed by atoms with van der Waals surface area (Å²) in [4.78, 5) is 0. The molecule has 18 heavy (non-hydrogen) atoms. The van der Waals surface area contributed by atoms with Crippen molar-refractivity contribution in [3.63, 3.8) is 0 Å². The summed E-state index contributed by atoms with van der Waals surface area (Å²) in [7, 11) is 0. The minimum absolute atomic E-state index is 0.609. The van der Waals surface area contributed by atoms with Crippen LogP contribution in [-0.4, -0.2) is 6.61 Å². The average molecular weight is 242 g/mol. The van der Waals surface area contributed by atoms with Crippen molar-refractivity contribution in [3.8, 4) is 5.75 Å². The number of benzene rings is 2. The van der Waals surface area contributed by atoms with E-state index in [2.05, 4.69) is 24.4 Å². The Labute approximate surface area is 108 Å². The number of para-hydroxylation sites is 1. The second-order valence-electron chi connectivity index (χ2n) is 4.14. The Hall–Kier alpha value is -2.16. The lowest BCUT2D eigenvalue weighted by Gasteiger charge is -2.13. The number of nitrogens with one attached hydrogen (secondary N) is 1. The standard InChI is InChI=1S/C15H18N2O/c1-3-18-14-6-4-5-13(15(14)16)17-12-9-7-11(2)8-10-12/h4-10,17H,3,16H2,1-2H3. The summed E-state index contributed by atoms with van der Waals surface area (Å²) in [5.74, 6) is 0.717. The second kappa shape index (κ2) is 5.45. The van der Waals surface area contributed by atoms with Crippen molar-refractivity contribution in [1.29, 1.82) is 0 Å². The molecule has 0 aliphatic rings. The Balaban J connectivity index is 2.23.